The lowest BCUT2D eigenvalue weighted by molar-refractivity contribution is -0.0910. The SMILES string of the molecule is OC[C@H]1S[C@@H](Oc2ccccc2Cc2ccc(F)cc2)[C@H](O)[C@@H](O)[C@@H]1O. The van der Waals surface area contributed by atoms with Crippen molar-refractivity contribution in [2.24, 2.45) is 0 Å². The maximum absolute atomic E-state index is 13.1. The van der Waals surface area contributed by atoms with Crippen LogP contribution in [0.4, 0.5) is 4.39 Å². The molecule has 0 spiro atoms. The molecule has 1 saturated heterocycles. The molecule has 2 aromatic carbocycles. The highest BCUT2D eigenvalue weighted by atomic mass is 32.2. The van der Waals surface area contributed by atoms with Gasteiger partial charge in [0.15, 0.2) is 5.44 Å². The minimum Gasteiger partial charge on any atom is -0.477 e. The first-order valence-corrected chi connectivity index (χ1v) is 9.23. The first-order chi connectivity index (χ1) is 12.5. The number of para-hydroxylation sites is 1. The van der Waals surface area contributed by atoms with E-state index in [2.05, 4.69) is 0 Å². The monoisotopic (exact) mass is 380 g/mol. The molecule has 4 N–H and O–H groups in total. The summed E-state index contributed by atoms with van der Waals surface area (Å²) in [6, 6.07) is 13.4. The summed E-state index contributed by atoms with van der Waals surface area (Å²) < 4.78 is 19.0. The van der Waals surface area contributed by atoms with Gasteiger partial charge in [-0.3, -0.25) is 0 Å². The number of hydrogen-bond donors (Lipinski definition) is 4. The smallest absolute Gasteiger partial charge is 0.173 e. The van der Waals surface area contributed by atoms with Crippen molar-refractivity contribution >= 4 is 11.8 Å². The maximum atomic E-state index is 13.1. The Balaban J connectivity index is 1.78. The van der Waals surface area contributed by atoms with Crippen LogP contribution in [-0.4, -0.2) is 56.0 Å². The van der Waals surface area contributed by atoms with E-state index in [0.29, 0.717) is 12.2 Å². The molecule has 0 radical (unpaired) electrons. The molecule has 0 bridgehead atoms. The Kier molecular flexibility index (Phi) is 6.16. The standard InChI is InChI=1S/C19H21FO5S/c20-13-7-5-11(6-8-13)9-12-3-1-2-4-14(12)25-19-18(24)17(23)16(22)15(10-21)26-19/h1-8,15-19,21-24H,9-10H2/t15-,16-,17+,18-,19-/m1/s1. The molecule has 2 aromatic rings. The van der Waals surface area contributed by atoms with Crippen LogP contribution >= 0.6 is 11.8 Å². The lowest BCUT2D eigenvalue weighted by atomic mass is 10.0. The van der Waals surface area contributed by atoms with Crippen LogP contribution in [0, 0.1) is 5.82 Å². The van der Waals surface area contributed by atoms with Crippen molar-refractivity contribution in [3.05, 3.63) is 65.5 Å². The van der Waals surface area contributed by atoms with Gasteiger partial charge in [-0.2, -0.15) is 0 Å². The third-order valence-electron chi connectivity index (χ3n) is 4.37. The van der Waals surface area contributed by atoms with E-state index in [1.807, 2.05) is 12.1 Å². The molecule has 0 amide bonds. The third kappa shape index (κ3) is 4.19. The highest BCUT2D eigenvalue weighted by molar-refractivity contribution is 8.00. The molecule has 1 heterocycles. The van der Waals surface area contributed by atoms with Gasteiger partial charge in [-0.05, 0) is 29.3 Å². The molecule has 3 rings (SSSR count). The minimum atomic E-state index is -1.40. The molecule has 5 atom stereocenters. The molecule has 1 aliphatic heterocycles. The number of ether oxygens (including phenoxy) is 1. The Morgan fingerprint density at radius 2 is 1.62 bits per heavy atom. The summed E-state index contributed by atoms with van der Waals surface area (Å²) >= 11 is 1.08. The summed E-state index contributed by atoms with van der Waals surface area (Å²) in [5.41, 5.74) is 0.913. The highest BCUT2D eigenvalue weighted by Gasteiger charge is 2.44. The molecule has 26 heavy (non-hydrogen) atoms. The van der Waals surface area contributed by atoms with Crippen LogP contribution in [0.3, 0.4) is 0 Å². The van der Waals surface area contributed by atoms with E-state index < -0.39 is 29.0 Å². The lowest BCUT2D eigenvalue weighted by Crippen LogP contribution is -2.55. The maximum Gasteiger partial charge on any atom is 0.173 e. The molecule has 5 nitrogen and oxygen atoms in total. The van der Waals surface area contributed by atoms with Gasteiger partial charge in [0.1, 0.15) is 23.8 Å². The number of aliphatic hydroxyl groups is 4. The van der Waals surface area contributed by atoms with E-state index in [1.165, 1.54) is 12.1 Å². The van der Waals surface area contributed by atoms with Crippen LogP contribution in [0.15, 0.2) is 48.5 Å². The number of benzene rings is 2. The fraction of sp³-hybridized carbons (Fsp3) is 0.368. The summed E-state index contributed by atoms with van der Waals surface area (Å²) in [5, 5.41) is 38.8. The van der Waals surface area contributed by atoms with Gasteiger partial charge in [-0.1, -0.05) is 30.3 Å². The molecular weight excluding hydrogens is 359 g/mol. The van der Waals surface area contributed by atoms with Crippen LogP contribution < -0.4 is 4.74 Å². The quantitative estimate of drug-likeness (QED) is 0.626. The van der Waals surface area contributed by atoms with Gasteiger partial charge in [0.25, 0.3) is 0 Å². The van der Waals surface area contributed by atoms with Crippen LogP contribution in [0.2, 0.25) is 0 Å². The van der Waals surface area contributed by atoms with Gasteiger partial charge in [0.05, 0.1) is 18.0 Å². The first kappa shape index (κ1) is 19.1. The molecule has 1 aliphatic rings. The Hall–Kier alpha value is -1.64. The van der Waals surface area contributed by atoms with Crippen LogP contribution in [-0.2, 0) is 6.42 Å². The third-order valence-corrected chi connectivity index (χ3v) is 5.79. The van der Waals surface area contributed by atoms with Gasteiger partial charge >= 0.3 is 0 Å². The van der Waals surface area contributed by atoms with Crippen molar-refractivity contribution < 1.29 is 29.6 Å². The zero-order valence-corrected chi connectivity index (χ0v) is 14.7. The molecule has 0 aliphatic carbocycles. The molecule has 1 fully saturated rings. The van der Waals surface area contributed by atoms with Crippen LogP contribution in [0.5, 0.6) is 5.75 Å². The number of halogens is 1. The second-order valence-corrected chi connectivity index (χ2v) is 7.57. The molecule has 7 heteroatoms. The molecule has 0 unspecified atom stereocenters. The average Bonchev–Trinajstić information content (AvgIpc) is 2.65. The fourth-order valence-electron chi connectivity index (χ4n) is 2.88. The fourth-order valence-corrected chi connectivity index (χ4v) is 4.11. The Morgan fingerprint density at radius 1 is 0.923 bits per heavy atom. The molecule has 0 aromatic heterocycles. The Labute approximate surface area is 155 Å². The van der Waals surface area contributed by atoms with E-state index in [0.717, 1.165) is 22.9 Å². The van der Waals surface area contributed by atoms with Gasteiger partial charge in [0.2, 0.25) is 0 Å². The van der Waals surface area contributed by atoms with Gasteiger partial charge in [-0.15, -0.1) is 11.8 Å². The summed E-state index contributed by atoms with van der Waals surface area (Å²) in [6.45, 7) is -0.341. The molecular formula is C19H21FO5S. The highest BCUT2D eigenvalue weighted by Crippen LogP contribution is 2.35. The summed E-state index contributed by atoms with van der Waals surface area (Å²) in [6.07, 6.45) is -3.41. The largest absolute Gasteiger partial charge is 0.477 e. The van der Waals surface area contributed by atoms with Gasteiger partial charge < -0.3 is 25.2 Å². The number of hydrogen-bond acceptors (Lipinski definition) is 6. The predicted molar refractivity (Wildman–Crippen MR) is 96.5 cm³/mol. The number of rotatable bonds is 5. The van der Waals surface area contributed by atoms with Crippen molar-refractivity contribution in [2.45, 2.75) is 35.4 Å². The van der Waals surface area contributed by atoms with Crippen LogP contribution in [0.1, 0.15) is 11.1 Å². The predicted octanol–water partition coefficient (Wildman–Crippen LogP) is 1.31. The van der Waals surface area contributed by atoms with Gasteiger partial charge in [0, 0.05) is 6.42 Å². The number of thioether (sulfide) groups is 1. The normalized spacial score (nSPS) is 28.7. The zero-order chi connectivity index (χ0) is 18.7. The van der Waals surface area contributed by atoms with E-state index in [9.17, 15) is 24.8 Å². The van der Waals surface area contributed by atoms with Crippen LogP contribution in [0.25, 0.3) is 0 Å². The summed E-state index contributed by atoms with van der Waals surface area (Å²) in [4.78, 5) is 0. The number of aliphatic hydroxyl groups excluding tert-OH is 4. The van der Waals surface area contributed by atoms with E-state index >= 15 is 0 Å². The average molecular weight is 380 g/mol. The first-order valence-electron chi connectivity index (χ1n) is 8.29. The topological polar surface area (TPSA) is 90.2 Å². The summed E-state index contributed by atoms with van der Waals surface area (Å²) in [7, 11) is 0. The zero-order valence-electron chi connectivity index (χ0n) is 13.9. The Bertz CT molecular complexity index is 724. The molecule has 140 valence electrons. The minimum absolute atomic E-state index is 0.303. The molecule has 0 saturated carbocycles. The van der Waals surface area contributed by atoms with E-state index in [1.54, 1.807) is 24.3 Å². The van der Waals surface area contributed by atoms with Crippen molar-refractivity contribution in [3.8, 4) is 5.75 Å². The van der Waals surface area contributed by atoms with Crippen molar-refractivity contribution in [2.75, 3.05) is 6.61 Å². The van der Waals surface area contributed by atoms with Crippen molar-refractivity contribution in [1.29, 1.82) is 0 Å². The summed E-state index contributed by atoms with van der Waals surface area (Å²) in [5.74, 6) is 0.219. The van der Waals surface area contributed by atoms with Crippen molar-refractivity contribution in [1.82, 2.24) is 0 Å². The Morgan fingerprint density at radius 3 is 2.31 bits per heavy atom. The van der Waals surface area contributed by atoms with Crippen molar-refractivity contribution in [3.63, 3.8) is 0 Å². The second kappa shape index (κ2) is 8.37. The van der Waals surface area contributed by atoms with E-state index in [-0.39, 0.29) is 12.4 Å². The van der Waals surface area contributed by atoms with E-state index in [4.69, 9.17) is 4.74 Å². The van der Waals surface area contributed by atoms with Gasteiger partial charge in [-0.25, -0.2) is 4.39 Å². The lowest BCUT2D eigenvalue weighted by Gasteiger charge is -2.39. The second-order valence-electron chi connectivity index (χ2n) is 6.23.